The molecule has 0 saturated carbocycles. The van der Waals surface area contributed by atoms with Crippen LogP contribution in [0, 0.1) is 0 Å². The highest BCUT2D eigenvalue weighted by Crippen LogP contribution is 2.30. The van der Waals surface area contributed by atoms with Gasteiger partial charge in [-0.25, -0.2) is 0 Å². The summed E-state index contributed by atoms with van der Waals surface area (Å²) in [6, 6.07) is 6.01. The first-order valence-electron chi connectivity index (χ1n) is 6.56. The molecule has 0 aliphatic carbocycles. The van der Waals surface area contributed by atoms with Crippen LogP contribution in [0.4, 0.5) is 5.69 Å². The number of thioether (sulfide) groups is 1. The lowest BCUT2D eigenvalue weighted by Crippen LogP contribution is -2.32. The molecule has 6 heteroatoms. The van der Waals surface area contributed by atoms with Crippen molar-refractivity contribution in [3.8, 4) is 0 Å². The summed E-state index contributed by atoms with van der Waals surface area (Å²) in [6.07, 6.45) is 0. The number of aliphatic hydroxyl groups excluding tert-OH is 1. The fourth-order valence-corrected chi connectivity index (χ4v) is 3.11. The number of hydrogen-bond donors (Lipinski definition) is 2. The highest BCUT2D eigenvalue weighted by molar-refractivity contribution is 7.99. The maximum absolute atomic E-state index is 9.25. The summed E-state index contributed by atoms with van der Waals surface area (Å²) < 4.78 is 5.13. The van der Waals surface area contributed by atoms with Gasteiger partial charge in [-0.15, -0.1) is 11.8 Å². The Labute approximate surface area is 130 Å². The summed E-state index contributed by atoms with van der Waals surface area (Å²) in [7, 11) is 1.66. The molecular weight excluding hydrogens is 292 g/mol. The van der Waals surface area contributed by atoms with Gasteiger partial charge in [-0.3, -0.25) is 0 Å². The Hall–Kier alpha value is -0.820. The maximum Gasteiger partial charge on any atom is 0.107 e. The van der Waals surface area contributed by atoms with Crippen molar-refractivity contribution < 1.29 is 9.84 Å². The van der Waals surface area contributed by atoms with E-state index in [9.17, 15) is 5.11 Å². The number of anilines is 1. The first-order chi connectivity index (χ1) is 9.65. The number of thiocarbonyl (C=S) groups is 1. The van der Waals surface area contributed by atoms with E-state index < -0.39 is 0 Å². The Bertz CT molecular complexity index is 441. The third-order valence-corrected chi connectivity index (χ3v) is 3.97. The predicted molar refractivity (Wildman–Crippen MR) is 89.9 cm³/mol. The Morgan fingerprint density at radius 1 is 1.45 bits per heavy atom. The van der Waals surface area contributed by atoms with E-state index in [0.29, 0.717) is 24.7 Å². The van der Waals surface area contributed by atoms with E-state index in [-0.39, 0.29) is 6.61 Å². The van der Waals surface area contributed by atoms with Crippen LogP contribution in [0.25, 0.3) is 0 Å². The lowest BCUT2D eigenvalue weighted by atomic mass is 10.1. The van der Waals surface area contributed by atoms with Crippen molar-refractivity contribution >= 4 is 34.7 Å². The van der Waals surface area contributed by atoms with Gasteiger partial charge in [0.1, 0.15) is 4.99 Å². The van der Waals surface area contributed by atoms with Gasteiger partial charge in [-0.2, -0.15) is 0 Å². The van der Waals surface area contributed by atoms with Gasteiger partial charge in [-0.05, 0) is 17.9 Å². The molecule has 0 aliphatic heterocycles. The molecular formula is C14H22N2O2S2. The predicted octanol–water partition coefficient (Wildman–Crippen LogP) is 1.88. The first kappa shape index (κ1) is 17.2. The van der Waals surface area contributed by atoms with Crippen LogP contribution in [-0.2, 0) is 4.74 Å². The van der Waals surface area contributed by atoms with Crippen LogP contribution in [0.3, 0.4) is 0 Å². The summed E-state index contributed by atoms with van der Waals surface area (Å²) in [5.74, 6) is 0.955. The Kier molecular flexibility index (Phi) is 7.91. The highest BCUT2D eigenvalue weighted by atomic mass is 32.2. The molecule has 1 aromatic rings. The number of rotatable bonds is 9. The van der Waals surface area contributed by atoms with E-state index >= 15 is 0 Å². The molecule has 0 atom stereocenters. The Balaban J connectivity index is 3.17. The molecule has 0 aromatic heterocycles. The standard InChI is InChI=1S/C14H22N2O2S2/c1-3-20-12-6-4-5-11(13(12)14(15)19)16(7-9-17)8-10-18-2/h4-6,17H,3,7-10H2,1-2H3,(H2,15,19). The number of hydrogen-bond acceptors (Lipinski definition) is 5. The quantitative estimate of drug-likeness (QED) is 0.536. The average molecular weight is 314 g/mol. The first-order valence-corrected chi connectivity index (χ1v) is 7.95. The van der Waals surface area contributed by atoms with Gasteiger partial charge >= 0.3 is 0 Å². The van der Waals surface area contributed by atoms with Gasteiger partial charge in [0.25, 0.3) is 0 Å². The summed E-state index contributed by atoms with van der Waals surface area (Å²) >= 11 is 6.93. The van der Waals surface area contributed by atoms with Crippen molar-refractivity contribution in [2.75, 3.05) is 44.1 Å². The van der Waals surface area contributed by atoms with Crippen molar-refractivity contribution in [2.24, 2.45) is 5.73 Å². The van der Waals surface area contributed by atoms with Crippen LogP contribution in [0.2, 0.25) is 0 Å². The molecule has 0 radical (unpaired) electrons. The Morgan fingerprint density at radius 2 is 2.20 bits per heavy atom. The van der Waals surface area contributed by atoms with Crippen LogP contribution in [-0.4, -0.2) is 49.3 Å². The summed E-state index contributed by atoms with van der Waals surface area (Å²) in [5, 5.41) is 9.25. The smallest absolute Gasteiger partial charge is 0.107 e. The normalized spacial score (nSPS) is 10.6. The van der Waals surface area contributed by atoms with E-state index in [1.807, 2.05) is 18.2 Å². The summed E-state index contributed by atoms with van der Waals surface area (Å²) in [5.41, 5.74) is 7.75. The molecule has 0 unspecified atom stereocenters. The lowest BCUT2D eigenvalue weighted by Gasteiger charge is -2.27. The zero-order chi connectivity index (χ0) is 15.0. The van der Waals surface area contributed by atoms with Crippen LogP contribution in [0.1, 0.15) is 12.5 Å². The number of ether oxygens (including phenoxy) is 1. The zero-order valence-electron chi connectivity index (χ0n) is 12.0. The number of aliphatic hydroxyl groups is 1. The fourth-order valence-electron chi connectivity index (χ4n) is 1.98. The number of benzene rings is 1. The van der Waals surface area contributed by atoms with Crippen molar-refractivity contribution in [1.82, 2.24) is 0 Å². The van der Waals surface area contributed by atoms with Crippen LogP contribution >= 0.6 is 24.0 Å². The van der Waals surface area contributed by atoms with Gasteiger partial charge in [0.15, 0.2) is 0 Å². The minimum Gasteiger partial charge on any atom is -0.395 e. The average Bonchev–Trinajstić information content (AvgIpc) is 2.43. The lowest BCUT2D eigenvalue weighted by molar-refractivity contribution is 0.203. The van der Waals surface area contributed by atoms with Crippen molar-refractivity contribution in [3.05, 3.63) is 23.8 Å². The van der Waals surface area contributed by atoms with E-state index in [2.05, 4.69) is 11.8 Å². The van der Waals surface area contributed by atoms with Gasteiger partial charge in [0, 0.05) is 36.3 Å². The molecule has 1 aromatic carbocycles. The van der Waals surface area contributed by atoms with Crippen LogP contribution < -0.4 is 10.6 Å². The number of nitrogens with zero attached hydrogens (tertiary/aromatic N) is 1. The molecule has 4 nitrogen and oxygen atoms in total. The third-order valence-electron chi connectivity index (χ3n) is 2.83. The summed E-state index contributed by atoms with van der Waals surface area (Å²) in [6.45, 7) is 3.97. The summed E-state index contributed by atoms with van der Waals surface area (Å²) in [4.78, 5) is 3.52. The minimum atomic E-state index is 0.0750. The molecule has 20 heavy (non-hydrogen) atoms. The second-order valence-corrected chi connectivity index (χ2v) is 5.90. The van der Waals surface area contributed by atoms with E-state index in [1.165, 1.54) is 0 Å². The number of methoxy groups -OCH3 is 1. The van der Waals surface area contributed by atoms with Crippen molar-refractivity contribution in [1.29, 1.82) is 0 Å². The molecule has 1 rings (SSSR count). The van der Waals surface area contributed by atoms with Crippen LogP contribution in [0.5, 0.6) is 0 Å². The second kappa shape index (κ2) is 9.18. The van der Waals surface area contributed by atoms with Gasteiger partial charge in [0.2, 0.25) is 0 Å². The number of nitrogens with two attached hydrogens (primary N) is 1. The van der Waals surface area contributed by atoms with E-state index in [0.717, 1.165) is 21.9 Å². The molecule has 0 fully saturated rings. The maximum atomic E-state index is 9.25. The highest BCUT2D eigenvalue weighted by Gasteiger charge is 2.16. The van der Waals surface area contributed by atoms with E-state index in [4.69, 9.17) is 22.7 Å². The SMILES string of the molecule is CCSc1cccc(N(CCO)CCOC)c1C(N)=S. The van der Waals surface area contributed by atoms with Crippen LogP contribution in [0.15, 0.2) is 23.1 Å². The molecule has 0 heterocycles. The molecule has 0 aliphatic rings. The molecule has 3 N–H and O–H groups in total. The fraction of sp³-hybridized carbons (Fsp3) is 0.500. The Morgan fingerprint density at radius 3 is 2.75 bits per heavy atom. The monoisotopic (exact) mass is 314 g/mol. The largest absolute Gasteiger partial charge is 0.395 e. The third kappa shape index (κ3) is 4.63. The van der Waals surface area contributed by atoms with Gasteiger partial charge in [0.05, 0.1) is 13.2 Å². The molecule has 112 valence electrons. The molecule has 0 amide bonds. The van der Waals surface area contributed by atoms with Gasteiger partial charge < -0.3 is 20.5 Å². The zero-order valence-corrected chi connectivity index (χ0v) is 13.6. The second-order valence-electron chi connectivity index (χ2n) is 4.15. The van der Waals surface area contributed by atoms with Crippen molar-refractivity contribution in [2.45, 2.75) is 11.8 Å². The molecule has 0 spiro atoms. The van der Waals surface area contributed by atoms with E-state index in [1.54, 1.807) is 18.9 Å². The van der Waals surface area contributed by atoms with Crippen molar-refractivity contribution in [3.63, 3.8) is 0 Å². The molecule has 0 saturated heterocycles. The minimum absolute atomic E-state index is 0.0750. The van der Waals surface area contributed by atoms with Gasteiger partial charge in [-0.1, -0.05) is 25.2 Å². The topological polar surface area (TPSA) is 58.7 Å². The molecule has 0 bridgehead atoms.